The number of amides is 2. The van der Waals surface area contributed by atoms with E-state index < -0.39 is 11.5 Å². The van der Waals surface area contributed by atoms with Gasteiger partial charge in [0, 0.05) is 40.1 Å². The van der Waals surface area contributed by atoms with E-state index in [1.165, 1.54) is 22.7 Å². The number of nitrogens with one attached hydrogen (secondary N) is 2. The summed E-state index contributed by atoms with van der Waals surface area (Å²) in [6, 6.07) is 0. The van der Waals surface area contributed by atoms with E-state index in [1.807, 2.05) is 12.3 Å². The van der Waals surface area contributed by atoms with Crippen LogP contribution in [0.2, 0.25) is 0 Å². The number of fused-ring (bicyclic) bond motifs is 2. The summed E-state index contributed by atoms with van der Waals surface area (Å²) in [7, 11) is 0. The third-order valence-electron chi connectivity index (χ3n) is 8.67. The lowest BCUT2D eigenvalue weighted by Gasteiger charge is -2.58. The fraction of sp³-hybridized carbons (Fsp3) is 0.667. The fourth-order valence-corrected chi connectivity index (χ4v) is 7.83. The van der Waals surface area contributed by atoms with Gasteiger partial charge >= 0.3 is 0 Å². The van der Waals surface area contributed by atoms with Crippen molar-refractivity contribution in [1.29, 1.82) is 0 Å². The number of carbonyl (C=O) groups excluding carboxylic acids is 2. The monoisotopic (exact) mass is 504 g/mol. The summed E-state index contributed by atoms with van der Waals surface area (Å²) in [5, 5.41) is 30.1. The Labute approximate surface area is 207 Å². The molecule has 0 aliphatic heterocycles. The van der Waals surface area contributed by atoms with Gasteiger partial charge in [0.15, 0.2) is 10.3 Å². The molecule has 0 bridgehead atoms. The average molecular weight is 505 g/mol. The molecule has 2 saturated carbocycles. The van der Waals surface area contributed by atoms with Gasteiger partial charge in [0.25, 0.3) is 0 Å². The summed E-state index contributed by atoms with van der Waals surface area (Å²) in [5.74, 6) is -0.249. The quantitative estimate of drug-likeness (QED) is 0.475. The number of rotatable bonds is 6. The van der Waals surface area contributed by atoms with Crippen LogP contribution in [0, 0.1) is 22.7 Å². The van der Waals surface area contributed by atoms with Crippen molar-refractivity contribution in [3.63, 3.8) is 0 Å². The van der Waals surface area contributed by atoms with Crippen molar-refractivity contribution < 1.29 is 19.8 Å². The van der Waals surface area contributed by atoms with Crippen LogP contribution in [-0.4, -0.2) is 44.7 Å². The average Bonchev–Trinajstić information content (AvgIpc) is 3.40. The molecule has 34 heavy (non-hydrogen) atoms. The zero-order chi connectivity index (χ0) is 24.1. The fourth-order valence-electron chi connectivity index (χ4n) is 6.22. The van der Waals surface area contributed by atoms with Gasteiger partial charge in [0.05, 0.1) is 18.4 Å². The maximum atomic E-state index is 13.1. The molecule has 5 rings (SSSR count). The first kappa shape index (κ1) is 23.8. The Kier molecular flexibility index (Phi) is 6.29. The van der Waals surface area contributed by atoms with E-state index in [-0.39, 0.29) is 48.0 Å². The van der Waals surface area contributed by atoms with Crippen LogP contribution in [0.5, 0.6) is 0 Å². The van der Waals surface area contributed by atoms with Crippen LogP contribution in [0.25, 0.3) is 0 Å². The molecule has 3 aliphatic rings. The highest BCUT2D eigenvalue weighted by Gasteiger charge is 2.59. The highest BCUT2D eigenvalue weighted by Crippen LogP contribution is 2.62. The molecule has 0 spiro atoms. The maximum Gasteiger partial charge on any atom is 0.229 e. The van der Waals surface area contributed by atoms with Gasteiger partial charge in [-0.25, -0.2) is 9.97 Å². The molecular weight excluding hydrogens is 472 g/mol. The molecule has 2 aromatic heterocycles. The first-order valence-corrected chi connectivity index (χ1v) is 13.7. The van der Waals surface area contributed by atoms with E-state index >= 15 is 0 Å². The molecule has 4 N–H and O–H groups in total. The normalized spacial score (nSPS) is 32.9. The third kappa shape index (κ3) is 3.98. The Morgan fingerprint density at radius 3 is 2.65 bits per heavy atom. The summed E-state index contributed by atoms with van der Waals surface area (Å²) in [6.07, 6.45) is 6.19. The number of carbonyl (C=O) groups is 2. The van der Waals surface area contributed by atoms with Crippen LogP contribution < -0.4 is 10.6 Å². The molecule has 3 aliphatic carbocycles. The van der Waals surface area contributed by atoms with Crippen LogP contribution in [0.1, 0.15) is 68.9 Å². The predicted octanol–water partition coefficient (Wildman–Crippen LogP) is 3.78. The molecule has 0 saturated heterocycles. The number of aliphatic hydroxyl groups is 2. The van der Waals surface area contributed by atoms with Crippen LogP contribution >= 0.6 is 22.7 Å². The minimum Gasteiger partial charge on any atom is -0.396 e. The molecule has 2 amide bonds. The summed E-state index contributed by atoms with van der Waals surface area (Å²) in [4.78, 5) is 35.7. The second-order valence-electron chi connectivity index (χ2n) is 10.6. The number of nitrogens with zero attached hydrogens (tertiary/aromatic N) is 2. The summed E-state index contributed by atoms with van der Waals surface area (Å²) in [5.41, 5.74) is -0.125. The molecule has 10 heteroatoms. The van der Waals surface area contributed by atoms with E-state index in [2.05, 4.69) is 22.5 Å². The molecule has 5 atom stereocenters. The number of aliphatic hydroxyl groups excluding tert-OH is 2. The third-order valence-corrected chi connectivity index (χ3v) is 10.4. The maximum absolute atomic E-state index is 13.1. The van der Waals surface area contributed by atoms with Crippen molar-refractivity contribution in [2.45, 2.75) is 70.8 Å². The zero-order valence-corrected chi connectivity index (χ0v) is 21.2. The van der Waals surface area contributed by atoms with E-state index in [9.17, 15) is 19.8 Å². The first-order valence-electron chi connectivity index (χ1n) is 12.0. The van der Waals surface area contributed by atoms with Crippen molar-refractivity contribution in [3.05, 3.63) is 22.1 Å². The van der Waals surface area contributed by atoms with Crippen molar-refractivity contribution in [2.75, 3.05) is 17.2 Å². The standard InChI is InChI=1S/C24H32N4O4S2/c1-23-7-6-17(30)24(2,12-29)16(23)11-15-19(14(23)10-18(31)26-21-25-8-9-33-21)27-22(34-15)28-20(32)13-4-3-5-13/h8-9,13-14,16-17,29-30H,3-7,10-12H2,1-2H3,(H,25,26,31)(H,27,28,32)/t14-,16+,17-,23+,24+/m1/s1. The SMILES string of the molecule is C[C@]1(CO)[C@H]2Cc3sc(NC(=O)C4CCC4)nc3[C@@H](CC(=O)Nc3nccs3)[C@]2(C)CC[C@H]1O. The summed E-state index contributed by atoms with van der Waals surface area (Å²) < 4.78 is 0. The zero-order valence-electron chi connectivity index (χ0n) is 19.5. The lowest BCUT2D eigenvalue weighted by molar-refractivity contribution is -0.143. The van der Waals surface area contributed by atoms with Crippen molar-refractivity contribution in [1.82, 2.24) is 9.97 Å². The van der Waals surface area contributed by atoms with Crippen LogP contribution in [-0.2, 0) is 16.0 Å². The number of anilines is 2. The van der Waals surface area contributed by atoms with Crippen LogP contribution in [0.15, 0.2) is 11.6 Å². The minimum absolute atomic E-state index is 0.0189. The van der Waals surface area contributed by atoms with Gasteiger partial charge in [-0.15, -0.1) is 22.7 Å². The van der Waals surface area contributed by atoms with Gasteiger partial charge in [0.1, 0.15) is 0 Å². The smallest absolute Gasteiger partial charge is 0.229 e. The van der Waals surface area contributed by atoms with Gasteiger partial charge in [-0.3, -0.25) is 9.59 Å². The van der Waals surface area contributed by atoms with E-state index in [0.717, 1.165) is 36.3 Å². The van der Waals surface area contributed by atoms with Crippen molar-refractivity contribution >= 4 is 44.8 Å². The molecule has 184 valence electrons. The molecule has 8 nitrogen and oxygen atoms in total. The van der Waals surface area contributed by atoms with Gasteiger partial charge in [-0.1, -0.05) is 20.3 Å². The molecule has 2 heterocycles. The molecule has 2 aromatic rings. The largest absolute Gasteiger partial charge is 0.396 e. The van der Waals surface area contributed by atoms with Crippen molar-refractivity contribution in [2.24, 2.45) is 22.7 Å². The van der Waals surface area contributed by atoms with Gasteiger partial charge in [0.2, 0.25) is 11.8 Å². The lowest BCUT2D eigenvalue weighted by Crippen LogP contribution is -2.57. The molecular formula is C24H32N4O4S2. The molecule has 2 fully saturated rings. The van der Waals surface area contributed by atoms with Gasteiger partial charge in [-0.2, -0.15) is 0 Å². The lowest BCUT2D eigenvalue weighted by atomic mass is 9.47. The molecule has 0 unspecified atom stereocenters. The second-order valence-corrected chi connectivity index (χ2v) is 12.5. The molecule has 0 radical (unpaired) electrons. The van der Waals surface area contributed by atoms with Crippen molar-refractivity contribution in [3.8, 4) is 0 Å². The topological polar surface area (TPSA) is 124 Å². The predicted molar refractivity (Wildman–Crippen MR) is 132 cm³/mol. The van der Waals surface area contributed by atoms with E-state index in [4.69, 9.17) is 4.98 Å². The number of hydrogen-bond donors (Lipinski definition) is 4. The number of hydrogen-bond acceptors (Lipinski definition) is 8. The highest BCUT2D eigenvalue weighted by atomic mass is 32.1. The number of thiazole rings is 2. The van der Waals surface area contributed by atoms with Gasteiger partial charge < -0.3 is 20.8 Å². The highest BCUT2D eigenvalue weighted by molar-refractivity contribution is 7.16. The Morgan fingerprint density at radius 2 is 2.00 bits per heavy atom. The second kappa shape index (κ2) is 8.96. The Balaban J connectivity index is 1.49. The minimum atomic E-state index is -0.673. The number of aromatic nitrogens is 2. The van der Waals surface area contributed by atoms with Gasteiger partial charge in [-0.05, 0) is 43.4 Å². The Bertz CT molecular complexity index is 1070. The van der Waals surface area contributed by atoms with E-state index in [0.29, 0.717) is 23.1 Å². The van der Waals surface area contributed by atoms with E-state index in [1.54, 1.807) is 6.20 Å². The first-order chi connectivity index (χ1) is 16.2. The van der Waals surface area contributed by atoms with Crippen LogP contribution in [0.4, 0.5) is 10.3 Å². The summed E-state index contributed by atoms with van der Waals surface area (Å²) >= 11 is 2.85. The Morgan fingerprint density at radius 1 is 1.21 bits per heavy atom. The summed E-state index contributed by atoms with van der Waals surface area (Å²) in [6.45, 7) is 4.01. The van der Waals surface area contributed by atoms with Crippen LogP contribution in [0.3, 0.4) is 0 Å². The molecule has 0 aromatic carbocycles. The Hall–Kier alpha value is -1.88.